The Hall–Kier alpha value is -11.7. The van der Waals surface area contributed by atoms with Crippen LogP contribution in [0.4, 0.5) is 29.1 Å². The topological polar surface area (TPSA) is 365 Å². The number of hydrogen-bond acceptors (Lipinski definition) is 32. The molecule has 2 aliphatic heterocycles. The largest absolute Gasteiger partial charge is 0.497 e. The molecule has 4 unspecified atom stereocenters. The van der Waals surface area contributed by atoms with E-state index in [-0.39, 0.29) is 26.4 Å². The second-order valence-corrected chi connectivity index (χ2v) is 39.7. The van der Waals surface area contributed by atoms with Crippen LogP contribution in [0.25, 0.3) is 85.4 Å². The summed E-state index contributed by atoms with van der Waals surface area (Å²) in [6, 6.07) is 39.4. The van der Waals surface area contributed by atoms with Crippen molar-refractivity contribution in [3.63, 3.8) is 0 Å². The molecule has 10 heterocycles. The van der Waals surface area contributed by atoms with Crippen LogP contribution in [0.1, 0.15) is 165 Å². The van der Waals surface area contributed by atoms with Crippen LogP contribution < -0.4 is 69.5 Å². The van der Waals surface area contributed by atoms with Gasteiger partial charge in [-0.1, -0.05) is 113 Å². The zero-order valence-corrected chi connectivity index (χ0v) is 86.5. The Morgan fingerprint density at radius 1 is 0.455 bits per heavy atom. The van der Waals surface area contributed by atoms with Crippen molar-refractivity contribution in [1.82, 2.24) is 89.4 Å². The van der Waals surface area contributed by atoms with Gasteiger partial charge < -0.3 is 99.2 Å². The highest BCUT2D eigenvalue weighted by Gasteiger charge is 2.39. The van der Waals surface area contributed by atoms with Crippen LogP contribution in [-0.2, 0) is 11.8 Å². The Labute approximate surface area is 847 Å². The van der Waals surface area contributed by atoms with Crippen molar-refractivity contribution in [3.8, 4) is 108 Å². The maximum absolute atomic E-state index is 10.1. The number of imidazole rings is 2. The van der Waals surface area contributed by atoms with Crippen LogP contribution in [0.2, 0.25) is 0 Å². The number of piperidine rings is 1. The molecule has 4 aromatic carbocycles. The van der Waals surface area contributed by atoms with E-state index in [1.165, 1.54) is 140 Å². The number of aryl methyl sites for hydroxylation is 2. The summed E-state index contributed by atoms with van der Waals surface area (Å²) >= 11 is 1.45. The van der Waals surface area contributed by atoms with E-state index in [0.717, 1.165) is 160 Å². The normalized spacial score (nSPS) is 16.7. The molecule has 4 aliphatic carbocycles. The van der Waals surface area contributed by atoms with Crippen molar-refractivity contribution in [2.45, 2.75) is 217 Å². The molecule has 33 nitrogen and oxygen atoms in total. The van der Waals surface area contributed by atoms with Crippen molar-refractivity contribution >= 4 is 46.3 Å². The average molecular weight is 1970 g/mol. The summed E-state index contributed by atoms with van der Waals surface area (Å²) in [5.74, 6) is 11.4. The monoisotopic (exact) mass is 1970 g/mol. The van der Waals surface area contributed by atoms with E-state index in [1.54, 1.807) is 46.7 Å². The summed E-state index contributed by atoms with van der Waals surface area (Å²) in [7, 11) is 19.4. The average Bonchev–Trinajstić information content (AvgIpc) is 0.960. The van der Waals surface area contributed by atoms with Crippen LogP contribution in [0.3, 0.4) is 0 Å². The Kier molecular flexibility index (Phi) is 38.5. The maximum Gasteiger partial charge on any atom is 0.163 e. The Morgan fingerprint density at radius 3 is 1.32 bits per heavy atom. The van der Waals surface area contributed by atoms with Crippen molar-refractivity contribution in [2.24, 2.45) is 12.5 Å². The summed E-state index contributed by atoms with van der Waals surface area (Å²) in [5.41, 5.74) is 10.9. The lowest BCUT2D eigenvalue weighted by molar-refractivity contribution is 0.00746. The number of methoxy groups -OCH3 is 1. The van der Waals surface area contributed by atoms with Gasteiger partial charge in [-0.05, 0) is 185 Å². The molecule has 2 saturated heterocycles. The number of likely N-dealkylation sites (N-methyl/N-ethyl adjacent to an activating group) is 4. The predicted octanol–water partition coefficient (Wildman–Crippen LogP) is 15.7. The molecule has 6 aliphatic rings. The van der Waals surface area contributed by atoms with Crippen LogP contribution in [0.15, 0.2) is 152 Å². The van der Waals surface area contributed by atoms with Gasteiger partial charge in [-0.25, -0.2) is 49.8 Å². The highest BCUT2D eigenvalue weighted by Crippen LogP contribution is 2.44. The third kappa shape index (κ3) is 28.7. The van der Waals surface area contributed by atoms with E-state index < -0.39 is 24.4 Å². The summed E-state index contributed by atoms with van der Waals surface area (Å²) in [6.07, 6.45) is 36.3. The quantitative estimate of drug-likeness (QED) is 0.0179. The number of nitrogens with one attached hydrogen (secondary N) is 4. The van der Waals surface area contributed by atoms with Crippen LogP contribution in [-0.4, -0.2) is 280 Å². The molecule has 0 radical (unpaired) electrons. The SMILES string of the molecule is CNCC(O)COc1cc(OC)cc(-c2nc(-c3cnc4cnccn34)cc(N(C)C3CCCCC3)n2)c1.CNCC(O)COc1cccc(-c2nc(-c3csnc3C)cc(N(C)C3CCCCC3)n2)c1.CNCC(O)COc1cccc(-c2nc(-c3ncc(C)n3C)cc(N(C)C3CCCCC3)n2)c1.CNCC(O)COc1cccc(-c2nc(N3CCCC4(CCOCC4)C3)cc(N(C)C3CCCCC3)n2)c1. The van der Waals surface area contributed by atoms with Gasteiger partial charge in [0.1, 0.15) is 114 Å². The first-order chi connectivity index (χ1) is 69.6. The van der Waals surface area contributed by atoms with Gasteiger partial charge in [-0.2, -0.15) is 4.37 Å². The number of fused-ring (bicyclic) bond motifs is 1. The molecule has 6 fully saturated rings. The van der Waals surface area contributed by atoms with Gasteiger partial charge in [0.25, 0.3) is 0 Å². The summed E-state index contributed by atoms with van der Waals surface area (Å²) in [6.45, 7) is 10.6. The summed E-state index contributed by atoms with van der Waals surface area (Å²) in [4.78, 5) is 65.1. The van der Waals surface area contributed by atoms with E-state index in [0.29, 0.717) is 102 Å². The minimum atomic E-state index is -0.630. The van der Waals surface area contributed by atoms with E-state index in [4.69, 9.17) is 68.3 Å². The molecule has 0 amide bonds. The van der Waals surface area contributed by atoms with Crippen LogP contribution in [0.5, 0.6) is 28.7 Å². The van der Waals surface area contributed by atoms with Gasteiger partial charge in [0.2, 0.25) is 0 Å². The Bertz CT molecular complexity index is 5970. The molecule has 766 valence electrons. The number of nitrogens with zero attached hydrogens (tertiary/aromatic N) is 19. The van der Waals surface area contributed by atoms with Crippen molar-refractivity contribution in [3.05, 3.63) is 163 Å². The molecule has 0 bridgehead atoms. The zero-order valence-electron chi connectivity index (χ0n) is 85.7. The first-order valence-electron chi connectivity index (χ1n) is 51.4. The third-order valence-corrected chi connectivity index (χ3v) is 29.3. The van der Waals surface area contributed by atoms with E-state index in [9.17, 15) is 20.4 Å². The maximum atomic E-state index is 10.1. The zero-order chi connectivity index (χ0) is 100. The predicted molar refractivity (Wildman–Crippen MR) is 568 cm³/mol. The lowest BCUT2D eigenvalue weighted by Crippen LogP contribution is -2.46. The molecule has 143 heavy (non-hydrogen) atoms. The number of hydrogen-bond donors (Lipinski definition) is 8. The van der Waals surface area contributed by atoms with Gasteiger partial charge in [0.05, 0.1) is 42.3 Å². The number of benzene rings is 4. The van der Waals surface area contributed by atoms with Gasteiger partial charge in [-0.15, -0.1) is 0 Å². The second-order valence-electron chi connectivity index (χ2n) is 39.1. The van der Waals surface area contributed by atoms with Gasteiger partial charge in [0, 0.05) is 200 Å². The molecular weight excluding hydrogens is 1820 g/mol. The van der Waals surface area contributed by atoms with E-state index in [1.807, 2.05) is 142 Å². The smallest absolute Gasteiger partial charge is 0.163 e. The van der Waals surface area contributed by atoms with E-state index in [2.05, 4.69) is 121 Å². The van der Waals surface area contributed by atoms with Gasteiger partial charge in [-0.3, -0.25) is 9.38 Å². The molecule has 34 heteroatoms. The molecule has 12 aromatic rings. The third-order valence-electron chi connectivity index (χ3n) is 28.5. The lowest BCUT2D eigenvalue weighted by atomic mass is 9.74. The minimum absolute atomic E-state index is 0.153. The fourth-order valence-electron chi connectivity index (χ4n) is 20.1. The summed E-state index contributed by atoms with van der Waals surface area (Å²) in [5, 5.41) is 54.0. The Morgan fingerprint density at radius 2 is 0.874 bits per heavy atom. The number of rotatable bonds is 37. The highest BCUT2D eigenvalue weighted by atomic mass is 32.1. The standard InChI is InChI=1S/C30H45N5O3.C28H35N7O3.C26H36N6O2.C25H33N5O2S/c1-31-20-25(36)21-38-26-11-6-8-23(18-26)29-32-27(34(2)24-9-4-3-5-10-24)19-28(33-29)35-15-7-12-30(22-35)13-16-37-17-14-30;1-29-15-21(36)18-38-23-12-19(11-22(13-23)37-3)28-32-24(25-16-31-27-17-30-9-10-35(25)27)14-26(33-28)34(2)20-7-5-4-6-8-20;1-18-15-28-26(31(18)3)23-14-24(32(4)20-10-6-5-7-11-20)30-25(29-23)19-9-8-12-22(13-19)34-17-21(33)16-27-2;1-17-22(16-33-29-17)23-13-24(30(3)19-9-5-4-6-10-19)28-25(27-23)18-8-7-11-21(12-18)32-15-20(31)14-26-2/h6,8,11,18-19,24-25,31,36H,3-5,7,9-10,12-17,20-22H2,1-2H3;9-14,16-17,20-21,29,36H,4-8,15,18H2,1-3H3;8-9,12-15,20-21,27,33H,5-7,10-11,16-17H2,1-4H3;7-8,11-13,16,19-20,26,31H,4-6,9-10,14-15H2,1-3H3. The molecular formula is C109H149N23O10S. The fraction of sp³-hybridized carbons (Fsp3) is 0.523. The molecule has 8 N–H and O–H groups in total. The van der Waals surface area contributed by atoms with Gasteiger partial charge in [0.15, 0.2) is 34.8 Å². The number of aliphatic hydroxyl groups excluding tert-OH is 4. The fourth-order valence-corrected chi connectivity index (χ4v) is 20.8. The van der Waals surface area contributed by atoms with Crippen LogP contribution in [0, 0.1) is 19.3 Å². The number of ether oxygens (including phenoxy) is 6. The molecule has 1 spiro atoms. The highest BCUT2D eigenvalue weighted by molar-refractivity contribution is 7.04. The minimum Gasteiger partial charge on any atom is -0.497 e. The number of aromatic nitrogens is 14. The lowest BCUT2D eigenvalue weighted by Gasteiger charge is -2.45. The van der Waals surface area contributed by atoms with Crippen LogP contribution >= 0.6 is 11.5 Å². The molecule has 8 aromatic heterocycles. The molecule has 4 atom stereocenters. The van der Waals surface area contributed by atoms with Crippen molar-refractivity contribution in [1.29, 1.82) is 0 Å². The van der Waals surface area contributed by atoms with Gasteiger partial charge >= 0.3 is 0 Å². The molecule has 18 rings (SSSR count). The van der Waals surface area contributed by atoms with Crippen molar-refractivity contribution in [2.75, 3.05) is 167 Å². The number of anilines is 5. The summed E-state index contributed by atoms with van der Waals surface area (Å²) < 4.78 is 43.2. The first kappa shape index (κ1) is 106. The number of aliphatic hydroxyl groups is 4. The van der Waals surface area contributed by atoms with Crippen molar-refractivity contribution < 1.29 is 48.8 Å². The second kappa shape index (κ2) is 52.2. The van der Waals surface area contributed by atoms with E-state index >= 15 is 0 Å². The first-order valence-corrected chi connectivity index (χ1v) is 52.3. The Balaban J connectivity index is 0.000000144. The molecule has 4 saturated carbocycles.